The first-order chi connectivity index (χ1) is 9.04. The highest BCUT2D eigenvalue weighted by Crippen LogP contribution is 2.33. The zero-order chi connectivity index (χ0) is 14.0. The number of nitrogens with zero attached hydrogens (tertiary/aromatic N) is 1. The maximum atomic E-state index is 13.8. The molecule has 19 heavy (non-hydrogen) atoms. The molecule has 2 rings (SSSR count). The van der Waals surface area contributed by atoms with Gasteiger partial charge < -0.3 is 10.6 Å². The molecule has 0 amide bonds. The molecular weight excluding hydrogens is 239 g/mol. The number of rotatable bonds is 3. The zero-order valence-electron chi connectivity index (χ0n) is 12.2. The van der Waals surface area contributed by atoms with Crippen molar-refractivity contribution in [2.45, 2.75) is 58.5 Å². The minimum atomic E-state index is -0.152. The van der Waals surface area contributed by atoms with Crippen molar-refractivity contribution in [3.8, 4) is 0 Å². The van der Waals surface area contributed by atoms with E-state index in [2.05, 4.69) is 11.8 Å². The predicted octanol–water partition coefficient (Wildman–Crippen LogP) is 3.92. The van der Waals surface area contributed by atoms with Gasteiger partial charge in [-0.2, -0.15) is 0 Å². The Morgan fingerprint density at radius 1 is 1.42 bits per heavy atom. The Morgan fingerprint density at radius 2 is 2.16 bits per heavy atom. The van der Waals surface area contributed by atoms with Gasteiger partial charge in [-0.1, -0.05) is 6.92 Å². The van der Waals surface area contributed by atoms with Crippen molar-refractivity contribution in [2.24, 2.45) is 5.73 Å². The second-order valence-electron chi connectivity index (χ2n) is 5.70. The molecule has 1 fully saturated rings. The molecule has 1 saturated heterocycles. The summed E-state index contributed by atoms with van der Waals surface area (Å²) < 4.78 is 13.8. The molecule has 2 nitrogen and oxygen atoms in total. The second-order valence-corrected chi connectivity index (χ2v) is 5.70. The van der Waals surface area contributed by atoms with Gasteiger partial charge in [-0.3, -0.25) is 0 Å². The SMILES string of the molecule is CCC1CCCCN1c1cc(C)c(F)cc1C(C)N. The number of hydrogen-bond donors (Lipinski definition) is 1. The van der Waals surface area contributed by atoms with Crippen LogP contribution < -0.4 is 10.6 Å². The third kappa shape index (κ3) is 2.92. The summed E-state index contributed by atoms with van der Waals surface area (Å²) in [7, 11) is 0. The van der Waals surface area contributed by atoms with E-state index in [0.29, 0.717) is 11.6 Å². The Bertz CT molecular complexity index is 443. The molecule has 3 heteroatoms. The topological polar surface area (TPSA) is 29.3 Å². The van der Waals surface area contributed by atoms with Gasteiger partial charge in [0.1, 0.15) is 5.82 Å². The Hall–Kier alpha value is -1.09. The number of anilines is 1. The lowest BCUT2D eigenvalue weighted by molar-refractivity contribution is 0.448. The van der Waals surface area contributed by atoms with E-state index in [0.717, 1.165) is 24.2 Å². The van der Waals surface area contributed by atoms with Crippen LogP contribution in [0.4, 0.5) is 10.1 Å². The van der Waals surface area contributed by atoms with Gasteiger partial charge in [-0.15, -0.1) is 0 Å². The van der Waals surface area contributed by atoms with E-state index in [1.807, 2.05) is 19.9 Å². The lowest BCUT2D eigenvalue weighted by Gasteiger charge is -2.39. The second kappa shape index (κ2) is 5.91. The van der Waals surface area contributed by atoms with E-state index in [1.165, 1.54) is 19.3 Å². The number of nitrogens with two attached hydrogens (primary N) is 1. The Balaban J connectivity index is 2.44. The van der Waals surface area contributed by atoms with E-state index in [4.69, 9.17) is 5.73 Å². The summed E-state index contributed by atoms with van der Waals surface area (Å²) in [6.07, 6.45) is 4.87. The molecule has 1 aromatic carbocycles. The van der Waals surface area contributed by atoms with Crippen LogP contribution in [0, 0.1) is 12.7 Å². The fourth-order valence-corrected chi connectivity index (χ4v) is 3.04. The first kappa shape index (κ1) is 14.3. The van der Waals surface area contributed by atoms with Gasteiger partial charge >= 0.3 is 0 Å². The van der Waals surface area contributed by atoms with E-state index in [9.17, 15) is 4.39 Å². The first-order valence-electron chi connectivity index (χ1n) is 7.36. The Kier molecular flexibility index (Phi) is 4.46. The molecule has 0 bridgehead atoms. The van der Waals surface area contributed by atoms with Crippen molar-refractivity contribution >= 4 is 5.69 Å². The molecule has 0 saturated carbocycles. The van der Waals surface area contributed by atoms with Gasteiger partial charge in [-0.05, 0) is 62.8 Å². The maximum absolute atomic E-state index is 13.8. The van der Waals surface area contributed by atoms with E-state index >= 15 is 0 Å². The van der Waals surface area contributed by atoms with Crippen LogP contribution in [0.5, 0.6) is 0 Å². The standard InChI is InChI=1S/C16H25FN2/c1-4-13-7-5-6-8-19(13)16-9-11(2)15(17)10-14(16)12(3)18/h9-10,12-13H,4-8,18H2,1-3H3. The van der Waals surface area contributed by atoms with Crippen molar-refractivity contribution in [3.63, 3.8) is 0 Å². The minimum Gasteiger partial charge on any atom is -0.368 e. The third-order valence-corrected chi connectivity index (χ3v) is 4.21. The van der Waals surface area contributed by atoms with Crippen LogP contribution in [0.2, 0.25) is 0 Å². The minimum absolute atomic E-state index is 0.135. The summed E-state index contributed by atoms with van der Waals surface area (Å²) in [6, 6.07) is 4.03. The molecule has 1 heterocycles. The summed E-state index contributed by atoms with van der Waals surface area (Å²) >= 11 is 0. The summed E-state index contributed by atoms with van der Waals surface area (Å²) in [4.78, 5) is 2.44. The molecular formula is C16H25FN2. The monoisotopic (exact) mass is 264 g/mol. The molecule has 0 aromatic heterocycles. The number of halogens is 1. The zero-order valence-corrected chi connectivity index (χ0v) is 12.2. The molecule has 1 aliphatic rings. The fraction of sp³-hybridized carbons (Fsp3) is 0.625. The number of hydrogen-bond acceptors (Lipinski definition) is 2. The first-order valence-corrected chi connectivity index (χ1v) is 7.36. The predicted molar refractivity (Wildman–Crippen MR) is 79.0 cm³/mol. The normalized spacial score (nSPS) is 21.5. The third-order valence-electron chi connectivity index (χ3n) is 4.21. The van der Waals surface area contributed by atoms with Crippen LogP contribution in [-0.4, -0.2) is 12.6 Å². The number of aryl methyl sites for hydroxylation is 1. The Morgan fingerprint density at radius 3 is 2.79 bits per heavy atom. The highest BCUT2D eigenvalue weighted by Gasteiger charge is 2.24. The average molecular weight is 264 g/mol. The number of benzene rings is 1. The number of piperidine rings is 1. The maximum Gasteiger partial charge on any atom is 0.126 e. The van der Waals surface area contributed by atoms with Crippen LogP contribution in [0.1, 0.15) is 56.7 Å². The highest BCUT2D eigenvalue weighted by molar-refractivity contribution is 5.58. The van der Waals surface area contributed by atoms with Crippen molar-refractivity contribution in [1.29, 1.82) is 0 Å². The molecule has 2 atom stereocenters. The molecule has 1 aliphatic heterocycles. The highest BCUT2D eigenvalue weighted by atomic mass is 19.1. The summed E-state index contributed by atoms with van der Waals surface area (Å²) in [5.74, 6) is -0.152. The molecule has 1 aromatic rings. The molecule has 0 radical (unpaired) electrons. The molecule has 2 unspecified atom stereocenters. The van der Waals surface area contributed by atoms with Crippen LogP contribution in [0.15, 0.2) is 12.1 Å². The lowest BCUT2D eigenvalue weighted by atomic mass is 9.95. The summed E-state index contributed by atoms with van der Waals surface area (Å²) in [6.45, 7) is 7.04. The van der Waals surface area contributed by atoms with Gasteiger partial charge in [0.05, 0.1) is 0 Å². The van der Waals surface area contributed by atoms with E-state index < -0.39 is 0 Å². The average Bonchev–Trinajstić information content (AvgIpc) is 2.41. The smallest absolute Gasteiger partial charge is 0.126 e. The van der Waals surface area contributed by atoms with Crippen LogP contribution in [0.25, 0.3) is 0 Å². The largest absolute Gasteiger partial charge is 0.368 e. The van der Waals surface area contributed by atoms with Crippen molar-refractivity contribution in [1.82, 2.24) is 0 Å². The van der Waals surface area contributed by atoms with Gasteiger partial charge in [0.15, 0.2) is 0 Å². The van der Waals surface area contributed by atoms with Gasteiger partial charge in [-0.25, -0.2) is 4.39 Å². The van der Waals surface area contributed by atoms with Crippen molar-refractivity contribution < 1.29 is 4.39 Å². The molecule has 2 N–H and O–H groups in total. The summed E-state index contributed by atoms with van der Waals surface area (Å²) in [5.41, 5.74) is 8.81. The van der Waals surface area contributed by atoms with Crippen LogP contribution >= 0.6 is 0 Å². The van der Waals surface area contributed by atoms with Crippen molar-refractivity contribution in [2.75, 3.05) is 11.4 Å². The molecule has 0 aliphatic carbocycles. The van der Waals surface area contributed by atoms with Crippen LogP contribution in [-0.2, 0) is 0 Å². The fourth-order valence-electron chi connectivity index (χ4n) is 3.04. The van der Waals surface area contributed by atoms with E-state index in [-0.39, 0.29) is 11.9 Å². The van der Waals surface area contributed by atoms with Crippen molar-refractivity contribution in [3.05, 3.63) is 29.1 Å². The van der Waals surface area contributed by atoms with Gasteiger partial charge in [0, 0.05) is 24.3 Å². The van der Waals surface area contributed by atoms with Crippen LogP contribution in [0.3, 0.4) is 0 Å². The van der Waals surface area contributed by atoms with E-state index in [1.54, 1.807) is 6.07 Å². The molecule has 0 spiro atoms. The lowest BCUT2D eigenvalue weighted by Crippen LogP contribution is -2.40. The molecule has 106 valence electrons. The van der Waals surface area contributed by atoms with Gasteiger partial charge in [0.25, 0.3) is 0 Å². The quantitative estimate of drug-likeness (QED) is 0.896. The summed E-state index contributed by atoms with van der Waals surface area (Å²) in [5, 5.41) is 0. The Labute approximate surface area is 115 Å². The van der Waals surface area contributed by atoms with Gasteiger partial charge in [0.2, 0.25) is 0 Å².